The maximum absolute atomic E-state index is 13.6. The highest BCUT2D eigenvalue weighted by Crippen LogP contribution is 2.22. The number of carbonyl (C=O) groups is 1. The van der Waals surface area contributed by atoms with Crippen LogP contribution in [-0.2, 0) is 0 Å². The molecule has 0 atom stereocenters. The van der Waals surface area contributed by atoms with E-state index in [1.54, 1.807) is 6.07 Å². The third kappa shape index (κ3) is 4.23. The number of ether oxygens (including phenoxy) is 1. The predicted molar refractivity (Wildman–Crippen MR) is 89.5 cm³/mol. The molecule has 0 aromatic heterocycles. The Morgan fingerprint density at radius 3 is 2.58 bits per heavy atom. The van der Waals surface area contributed by atoms with Gasteiger partial charge >= 0.3 is 0 Å². The molecule has 0 aliphatic rings. The third-order valence-corrected chi connectivity index (χ3v) is 3.13. The number of phenols is 2. The van der Waals surface area contributed by atoms with Crippen molar-refractivity contribution >= 4 is 28.9 Å². The number of rotatable bonds is 3. The van der Waals surface area contributed by atoms with Crippen LogP contribution in [0.1, 0.15) is 10.4 Å². The monoisotopic (exact) mass is 351 g/mol. The smallest absolute Gasteiger partial charge is 0.273 e. The molecule has 0 radical (unpaired) electrons. The van der Waals surface area contributed by atoms with Gasteiger partial charge in [0.05, 0.1) is 12.7 Å². The van der Waals surface area contributed by atoms with E-state index in [-0.39, 0.29) is 27.9 Å². The number of anilines is 1. The van der Waals surface area contributed by atoms with Crippen LogP contribution in [0.3, 0.4) is 0 Å². The van der Waals surface area contributed by atoms with Crippen molar-refractivity contribution in [2.75, 3.05) is 12.4 Å². The Morgan fingerprint density at radius 2 is 1.92 bits per heavy atom. The van der Waals surface area contributed by atoms with E-state index in [2.05, 4.69) is 16.2 Å². The van der Waals surface area contributed by atoms with Gasteiger partial charge in [-0.2, -0.15) is 0 Å². The Labute approximate surface area is 142 Å². The van der Waals surface area contributed by atoms with E-state index in [0.29, 0.717) is 5.69 Å². The van der Waals surface area contributed by atoms with Gasteiger partial charge in [-0.15, -0.1) is 0 Å². The van der Waals surface area contributed by atoms with Crippen LogP contribution in [0.2, 0.25) is 0 Å². The molecule has 126 valence electrons. The number of hydrogen-bond donors (Lipinski definition) is 5. The number of hydrogen-bond acceptors (Lipinski definition) is 5. The molecule has 0 heterocycles. The molecular formula is C15H14FN3O4S. The first-order chi connectivity index (χ1) is 11.4. The molecule has 0 unspecified atom stereocenters. The van der Waals surface area contributed by atoms with Crippen molar-refractivity contribution in [2.24, 2.45) is 0 Å². The largest absolute Gasteiger partial charge is 0.508 e. The van der Waals surface area contributed by atoms with Gasteiger partial charge in [0.1, 0.15) is 11.5 Å². The molecule has 0 fully saturated rings. The molecule has 0 aliphatic heterocycles. The van der Waals surface area contributed by atoms with Crippen LogP contribution in [0, 0.1) is 5.82 Å². The summed E-state index contributed by atoms with van der Waals surface area (Å²) in [5, 5.41) is 21.6. The lowest BCUT2D eigenvalue weighted by Crippen LogP contribution is -2.43. The first kappa shape index (κ1) is 17.3. The van der Waals surface area contributed by atoms with Crippen LogP contribution in [0.25, 0.3) is 0 Å². The zero-order valence-corrected chi connectivity index (χ0v) is 13.3. The zero-order chi connectivity index (χ0) is 17.7. The van der Waals surface area contributed by atoms with Crippen LogP contribution >= 0.6 is 12.2 Å². The second-order valence-corrected chi connectivity index (χ2v) is 4.99. The fourth-order valence-electron chi connectivity index (χ4n) is 1.79. The Balaban J connectivity index is 1.94. The standard InChI is InChI=1S/C15H14FN3O4S/c1-23-13-5-2-8(6-11(13)16)17-15(24)19-18-14(22)10-7-9(20)3-4-12(10)21/h2-7,20-21H,1H3,(H,18,22)(H2,17,19,24). The third-order valence-electron chi connectivity index (χ3n) is 2.92. The van der Waals surface area contributed by atoms with E-state index in [4.69, 9.17) is 17.0 Å². The lowest BCUT2D eigenvalue weighted by molar-refractivity contribution is 0.0941. The number of amides is 1. The quantitative estimate of drug-likeness (QED) is 0.327. The Hall–Kier alpha value is -3.07. The number of halogens is 1. The number of nitrogens with one attached hydrogen (secondary N) is 3. The van der Waals surface area contributed by atoms with Gasteiger partial charge in [-0.3, -0.25) is 15.6 Å². The molecule has 0 spiro atoms. The van der Waals surface area contributed by atoms with Crippen molar-refractivity contribution in [1.29, 1.82) is 0 Å². The summed E-state index contributed by atoms with van der Waals surface area (Å²) in [4.78, 5) is 11.9. The summed E-state index contributed by atoms with van der Waals surface area (Å²) in [5.74, 6) is -1.67. The Bertz CT molecular complexity index is 785. The van der Waals surface area contributed by atoms with Gasteiger partial charge in [-0.25, -0.2) is 4.39 Å². The van der Waals surface area contributed by atoms with Crippen molar-refractivity contribution in [3.05, 3.63) is 47.8 Å². The highest BCUT2D eigenvalue weighted by atomic mass is 32.1. The second kappa shape index (κ2) is 7.47. The number of thiocarbonyl (C=S) groups is 1. The van der Waals surface area contributed by atoms with E-state index in [9.17, 15) is 19.4 Å². The number of phenolic OH excluding ortho intramolecular Hbond substituents is 2. The van der Waals surface area contributed by atoms with Gasteiger partial charge in [0.15, 0.2) is 16.7 Å². The van der Waals surface area contributed by atoms with Crippen molar-refractivity contribution in [2.45, 2.75) is 0 Å². The van der Waals surface area contributed by atoms with Crippen molar-refractivity contribution < 1.29 is 24.1 Å². The van der Waals surface area contributed by atoms with Gasteiger partial charge < -0.3 is 20.3 Å². The minimum absolute atomic E-state index is 0.00689. The molecule has 1 amide bonds. The molecule has 5 N–H and O–H groups in total. The van der Waals surface area contributed by atoms with Gasteiger partial charge in [0, 0.05) is 11.8 Å². The average Bonchev–Trinajstić information content (AvgIpc) is 2.55. The summed E-state index contributed by atoms with van der Waals surface area (Å²) in [6.45, 7) is 0. The topological polar surface area (TPSA) is 103 Å². The number of carbonyl (C=O) groups excluding carboxylic acids is 1. The first-order valence-corrected chi connectivity index (χ1v) is 7.04. The van der Waals surface area contributed by atoms with Crippen LogP contribution < -0.4 is 20.9 Å². The number of benzene rings is 2. The number of hydrazine groups is 1. The molecule has 0 saturated carbocycles. The van der Waals surface area contributed by atoms with Crippen LogP contribution in [-0.4, -0.2) is 28.3 Å². The number of aromatic hydroxyl groups is 2. The fourth-order valence-corrected chi connectivity index (χ4v) is 1.96. The molecule has 0 bridgehead atoms. The van der Waals surface area contributed by atoms with E-state index in [1.807, 2.05) is 0 Å². The molecule has 2 rings (SSSR count). The van der Waals surface area contributed by atoms with E-state index < -0.39 is 11.7 Å². The molecule has 2 aromatic rings. The maximum atomic E-state index is 13.6. The van der Waals surface area contributed by atoms with Crippen LogP contribution in [0.4, 0.5) is 10.1 Å². The molecule has 7 nitrogen and oxygen atoms in total. The second-order valence-electron chi connectivity index (χ2n) is 4.58. The molecule has 9 heteroatoms. The Morgan fingerprint density at radius 1 is 1.17 bits per heavy atom. The van der Waals surface area contributed by atoms with E-state index >= 15 is 0 Å². The van der Waals surface area contributed by atoms with Crippen LogP contribution in [0.5, 0.6) is 17.2 Å². The molecule has 0 aliphatic carbocycles. The minimum atomic E-state index is -0.714. The minimum Gasteiger partial charge on any atom is -0.508 e. The normalized spacial score (nSPS) is 9.92. The molecule has 0 saturated heterocycles. The highest BCUT2D eigenvalue weighted by Gasteiger charge is 2.12. The summed E-state index contributed by atoms with van der Waals surface area (Å²) in [5.41, 5.74) is 4.85. The zero-order valence-electron chi connectivity index (χ0n) is 12.5. The highest BCUT2D eigenvalue weighted by molar-refractivity contribution is 7.80. The van der Waals surface area contributed by atoms with E-state index in [1.165, 1.54) is 31.4 Å². The first-order valence-electron chi connectivity index (χ1n) is 6.63. The van der Waals surface area contributed by atoms with Gasteiger partial charge in [-0.05, 0) is 42.5 Å². The van der Waals surface area contributed by atoms with Crippen molar-refractivity contribution in [1.82, 2.24) is 10.9 Å². The van der Waals surface area contributed by atoms with Crippen molar-refractivity contribution in [3.8, 4) is 17.2 Å². The summed E-state index contributed by atoms with van der Waals surface area (Å²) >= 11 is 4.96. The van der Waals surface area contributed by atoms with Crippen molar-refractivity contribution in [3.63, 3.8) is 0 Å². The summed E-state index contributed by atoms with van der Waals surface area (Å²) < 4.78 is 18.4. The average molecular weight is 351 g/mol. The predicted octanol–water partition coefficient (Wildman–Crippen LogP) is 1.88. The van der Waals surface area contributed by atoms with E-state index in [0.717, 1.165) is 6.07 Å². The van der Waals surface area contributed by atoms with Gasteiger partial charge in [-0.1, -0.05) is 0 Å². The molecule has 24 heavy (non-hydrogen) atoms. The summed E-state index contributed by atoms with van der Waals surface area (Å²) in [6, 6.07) is 7.66. The SMILES string of the molecule is COc1ccc(NC(=S)NNC(=O)c2cc(O)ccc2O)cc1F. The lowest BCUT2D eigenvalue weighted by Gasteiger charge is -2.13. The number of methoxy groups -OCH3 is 1. The van der Waals surface area contributed by atoms with Gasteiger partial charge in [0.25, 0.3) is 5.91 Å². The lowest BCUT2D eigenvalue weighted by atomic mass is 10.2. The maximum Gasteiger partial charge on any atom is 0.273 e. The summed E-state index contributed by atoms with van der Waals surface area (Å²) in [6.07, 6.45) is 0. The summed E-state index contributed by atoms with van der Waals surface area (Å²) in [7, 11) is 1.35. The fraction of sp³-hybridized carbons (Fsp3) is 0.0667. The molecule has 2 aromatic carbocycles. The van der Waals surface area contributed by atoms with Gasteiger partial charge in [0.2, 0.25) is 0 Å². The molecular weight excluding hydrogens is 337 g/mol. The Kier molecular flexibility index (Phi) is 5.38. The van der Waals surface area contributed by atoms with Crippen LogP contribution in [0.15, 0.2) is 36.4 Å².